The molecule has 1 fully saturated rings. The number of hydrogen-bond acceptors (Lipinski definition) is 6. The van der Waals surface area contributed by atoms with Gasteiger partial charge in [0.1, 0.15) is 11.4 Å². The molecule has 174 valence electrons. The van der Waals surface area contributed by atoms with Gasteiger partial charge in [-0.3, -0.25) is 9.08 Å². The average Bonchev–Trinajstić information content (AvgIpc) is 3.43. The quantitative estimate of drug-likeness (QED) is 0.420. The third kappa shape index (κ3) is 4.29. The standard InChI is InChI=1S/C24H29N5O3S/c1-24(2,3)32-23(30)28-8-6-15(7-9-28)19-13-29-14-21(33-22(29)25-19)17-10-16-12-27(4)26-18(16)11-20(17)31-5/h10-15H,6-9H2,1-5H3. The van der Waals surface area contributed by atoms with Crippen molar-refractivity contribution in [3.8, 4) is 16.2 Å². The Morgan fingerprint density at radius 1 is 1.15 bits per heavy atom. The van der Waals surface area contributed by atoms with E-state index in [1.54, 1.807) is 23.3 Å². The molecule has 0 radical (unpaired) electrons. The lowest BCUT2D eigenvalue weighted by Crippen LogP contribution is -2.41. The van der Waals surface area contributed by atoms with Crippen molar-refractivity contribution in [3.63, 3.8) is 0 Å². The third-order valence-corrected chi connectivity index (χ3v) is 6.98. The second kappa shape index (κ2) is 8.06. The monoisotopic (exact) mass is 467 g/mol. The van der Waals surface area contributed by atoms with E-state index in [0.29, 0.717) is 19.0 Å². The number of piperidine rings is 1. The van der Waals surface area contributed by atoms with Crippen LogP contribution in [0.3, 0.4) is 0 Å². The Bertz CT molecular complexity index is 1290. The van der Waals surface area contributed by atoms with Crippen molar-refractivity contribution < 1.29 is 14.3 Å². The van der Waals surface area contributed by atoms with Gasteiger partial charge in [-0.05, 0) is 39.7 Å². The van der Waals surface area contributed by atoms with Crippen LogP contribution in [0.4, 0.5) is 4.79 Å². The van der Waals surface area contributed by atoms with Crippen LogP contribution in [0, 0.1) is 0 Å². The Kier molecular flexibility index (Phi) is 5.31. The largest absolute Gasteiger partial charge is 0.496 e. The number of ether oxygens (including phenoxy) is 2. The molecule has 5 rings (SSSR count). The van der Waals surface area contributed by atoms with E-state index >= 15 is 0 Å². The Labute approximate surface area is 196 Å². The lowest BCUT2D eigenvalue weighted by atomic mass is 9.94. The number of carbonyl (C=O) groups is 1. The Morgan fingerprint density at radius 3 is 2.58 bits per heavy atom. The number of thiazole rings is 1. The van der Waals surface area contributed by atoms with E-state index in [2.05, 4.69) is 28.0 Å². The Hall–Kier alpha value is -3.07. The summed E-state index contributed by atoms with van der Waals surface area (Å²) in [6.07, 6.45) is 7.81. The predicted molar refractivity (Wildman–Crippen MR) is 129 cm³/mol. The van der Waals surface area contributed by atoms with Crippen LogP contribution in [-0.4, -0.2) is 56.0 Å². The van der Waals surface area contributed by atoms with Gasteiger partial charge < -0.3 is 14.4 Å². The first-order chi connectivity index (χ1) is 15.7. The number of methoxy groups -OCH3 is 1. The van der Waals surface area contributed by atoms with Gasteiger partial charge in [0, 0.05) is 61.7 Å². The van der Waals surface area contributed by atoms with Gasteiger partial charge in [-0.1, -0.05) is 11.3 Å². The Morgan fingerprint density at radius 2 is 1.91 bits per heavy atom. The number of amides is 1. The van der Waals surface area contributed by atoms with Crippen LogP contribution in [-0.2, 0) is 11.8 Å². The first-order valence-corrected chi connectivity index (χ1v) is 12.0. The molecule has 9 heteroatoms. The normalized spacial score (nSPS) is 15.5. The first kappa shape index (κ1) is 21.8. The molecule has 4 aromatic rings. The van der Waals surface area contributed by atoms with Crippen LogP contribution < -0.4 is 4.74 Å². The maximum absolute atomic E-state index is 12.3. The zero-order valence-corrected chi connectivity index (χ0v) is 20.5. The minimum Gasteiger partial charge on any atom is -0.496 e. The number of likely N-dealkylation sites (tertiary alicyclic amines) is 1. The van der Waals surface area contributed by atoms with Crippen LogP contribution >= 0.6 is 11.3 Å². The summed E-state index contributed by atoms with van der Waals surface area (Å²) < 4.78 is 15.1. The lowest BCUT2D eigenvalue weighted by Gasteiger charge is -2.32. The molecular formula is C24H29N5O3S. The maximum atomic E-state index is 12.3. The van der Waals surface area contributed by atoms with Gasteiger partial charge in [-0.25, -0.2) is 9.78 Å². The molecule has 1 amide bonds. The van der Waals surface area contributed by atoms with Crippen molar-refractivity contribution in [3.05, 3.63) is 36.4 Å². The lowest BCUT2D eigenvalue weighted by molar-refractivity contribution is 0.0204. The van der Waals surface area contributed by atoms with Crippen molar-refractivity contribution >= 4 is 33.3 Å². The van der Waals surface area contributed by atoms with Gasteiger partial charge in [0.2, 0.25) is 0 Å². The van der Waals surface area contributed by atoms with E-state index in [1.807, 2.05) is 44.8 Å². The van der Waals surface area contributed by atoms with E-state index in [1.165, 1.54) is 0 Å². The minimum atomic E-state index is -0.468. The number of carbonyl (C=O) groups excluding carboxylic acids is 1. The molecule has 4 heterocycles. The predicted octanol–water partition coefficient (Wildman–Crippen LogP) is 5.07. The second-order valence-corrected chi connectivity index (χ2v) is 10.6. The molecular weight excluding hydrogens is 438 g/mol. The minimum absolute atomic E-state index is 0.226. The van der Waals surface area contributed by atoms with Gasteiger partial charge in [0.25, 0.3) is 0 Å². The highest BCUT2D eigenvalue weighted by molar-refractivity contribution is 7.20. The molecule has 0 saturated carbocycles. The van der Waals surface area contributed by atoms with Gasteiger partial charge in [-0.15, -0.1) is 0 Å². The smallest absolute Gasteiger partial charge is 0.410 e. The number of nitrogens with zero attached hydrogens (tertiary/aromatic N) is 5. The molecule has 1 aliphatic heterocycles. The molecule has 0 bridgehead atoms. The highest BCUT2D eigenvalue weighted by Gasteiger charge is 2.29. The second-order valence-electron chi connectivity index (χ2n) is 9.61. The fraction of sp³-hybridized carbons (Fsp3) is 0.458. The molecule has 33 heavy (non-hydrogen) atoms. The van der Waals surface area contributed by atoms with Crippen LogP contribution in [0.1, 0.15) is 45.2 Å². The fourth-order valence-electron chi connectivity index (χ4n) is 4.36. The number of imidazole rings is 1. The molecule has 3 aromatic heterocycles. The van der Waals surface area contributed by atoms with Gasteiger partial charge in [0.15, 0.2) is 4.96 Å². The SMILES string of the molecule is COc1cc2nn(C)cc2cc1-c1cn2cc(C3CCN(C(=O)OC(C)(C)C)CC3)nc2s1. The van der Waals surface area contributed by atoms with Crippen molar-refractivity contribution in [1.29, 1.82) is 0 Å². The topological polar surface area (TPSA) is 73.9 Å². The number of benzene rings is 1. The molecule has 0 N–H and O–H groups in total. The summed E-state index contributed by atoms with van der Waals surface area (Å²) in [5.74, 6) is 1.15. The Balaban J connectivity index is 1.34. The van der Waals surface area contributed by atoms with Crippen molar-refractivity contribution in [2.24, 2.45) is 7.05 Å². The summed E-state index contributed by atoms with van der Waals surface area (Å²) >= 11 is 1.65. The molecule has 0 unspecified atom stereocenters. The fourth-order valence-corrected chi connectivity index (χ4v) is 5.35. The van der Waals surface area contributed by atoms with E-state index in [-0.39, 0.29) is 6.09 Å². The van der Waals surface area contributed by atoms with Crippen LogP contribution in [0.25, 0.3) is 26.3 Å². The van der Waals surface area contributed by atoms with Crippen LogP contribution in [0.5, 0.6) is 5.75 Å². The van der Waals surface area contributed by atoms with E-state index in [4.69, 9.17) is 14.5 Å². The molecule has 8 nitrogen and oxygen atoms in total. The third-order valence-electron chi connectivity index (χ3n) is 5.95. The zero-order valence-electron chi connectivity index (χ0n) is 19.7. The summed E-state index contributed by atoms with van der Waals surface area (Å²) in [7, 11) is 3.61. The van der Waals surface area contributed by atoms with E-state index in [9.17, 15) is 4.79 Å². The summed E-state index contributed by atoms with van der Waals surface area (Å²) in [6, 6.07) is 4.11. The van der Waals surface area contributed by atoms with Gasteiger partial charge in [-0.2, -0.15) is 5.10 Å². The molecule has 0 spiro atoms. The number of aryl methyl sites for hydroxylation is 1. The van der Waals surface area contributed by atoms with E-state index < -0.39 is 5.60 Å². The maximum Gasteiger partial charge on any atom is 0.410 e. The van der Waals surface area contributed by atoms with Crippen LogP contribution in [0.2, 0.25) is 0 Å². The zero-order chi connectivity index (χ0) is 23.3. The van der Waals surface area contributed by atoms with Crippen molar-refractivity contribution in [1.82, 2.24) is 24.1 Å². The summed E-state index contributed by atoms with van der Waals surface area (Å²) in [4.78, 5) is 21.1. The molecule has 0 aliphatic carbocycles. The molecule has 1 aromatic carbocycles. The summed E-state index contributed by atoms with van der Waals surface area (Å²) in [5, 5.41) is 5.56. The van der Waals surface area contributed by atoms with Gasteiger partial charge >= 0.3 is 6.09 Å². The number of aromatic nitrogens is 4. The molecule has 0 atom stereocenters. The van der Waals surface area contributed by atoms with Crippen molar-refractivity contribution in [2.45, 2.75) is 45.1 Å². The van der Waals surface area contributed by atoms with E-state index in [0.717, 1.165) is 50.6 Å². The number of fused-ring (bicyclic) bond motifs is 2. The summed E-state index contributed by atoms with van der Waals surface area (Å²) in [6.45, 7) is 7.08. The van der Waals surface area contributed by atoms with Gasteiger partial charge in [0.05, 0.1) is 23.2 Å². The summed E-state index contributed by atoms with van der Waals surface area (Å²) in [5.41, 5.74) is 2.58. The molecule has 1 aliphatic rings. The first-order valence-electron chi connectivity index (χ1n) is 11.2. The molecule has 1 saturated heterocycles. The number of rotatable bonds is 3. The van der Waals surface area contributed by atoms with Crippen molar-refractivity contribution in [2.75, 3.05) is 20.2 Å². The highest BCUT2D eigenvalue weighted by Crippen LogP contribution is 2.38. The number of hydrogen-bond donors (Lipinski definition) is 0. The highest BCUT2D eigenvalue weighted by atomic mass is 32.1. The average molecular weight is 468 g/mol. The van der Waals surface area contributed by atoms with Crippen LogP contribution in [0.15, 0.2) is 30.7 Å².